The van der Waals surface area contributed by atoms with E-state index in [0.29, 0.717) is 29.2 Å². The Labute approximate surface area is 222 Å². The quantitative estimate of drug-likeness (QED) is 0.378. The third-order valence-electron chi connectivity index (χ3n) is 6.04. The number of piperidine rings is 1. The zero-order chi connectivity index (χ0) is 26.6. The molecule has 1 aliphatic rings. The molecule has 1 fully saturated rings. The molecule has 0 spiro atoms. The van der Waals surface area contributed by atoms with E-state index in [-0.39, 0.29) is 21.4 Å². The Kier molecular flexibility index (Phi) is 8.15. The molecule has 196 valence electrons. The second kappa shape index (κ2) is 11.2. The number of thioether (sulfide) groups is 1. The van der Waals surface area contributed by atoms with Gasteiger partial charge in [-0.05, 0) is 92.6 Å². The molecule has 8 nitrogen and oxygen atoms in total. The Morgan fingerprint density at radius 1 is 0.784 bits per heavy atom. The van der Waals surface area contributed by atoms with Gasteiger partial charge in [0.05, 0.1) is 15.4 Å². The van der Waals surface area contributed by atoms with Crippen molar-refractivity contribution in [2.24, 2.45) is 0 Å². The highest BCUT2D eigenvalue weighted by molar-refractivity contribution is 7.98. The van der Waals surface area contributed by atoms with E-state index in [1.54, 1.807) is 29.2 Å². The first-order valence-electron chi connectivity index (χ1n) is 11.8. The first-order chi connectivity index (χ1) is 17.6. The number of rotatable bonds is 8. The lowest BCUT2D eigenvalue weighted by Gasteiger charge is -2.27. The molecule has 0 aliphatic carbocycles. The Morgan fingerprint density at radius 3 is 2.05 bits per heavy atom. The summed E-state index contributed by atoms with van der Waals surface area (Å²) in [4.78, 5) is 15.6. The van der Waals surface area contributed by atoms with Crippen LogP contribution < -0.4 is 9.44 Å². The Morgan fingerprint density at radius 2 is 1.41 bits per heavy atom. The first-order valence-corrected chi connectivity index (χ1v) is 16.0. The van der Waals surface area contributed by atoms with Crippen LogP contribution in [0.2, 0.25) is 0 Å². The van der Waals surface area contributed by atoms with Gasteiger partial charge in [-0.2, -0.15) is 0 Å². The molecular weight excluding hydrogens is 531 g/mol. The molecular formula is C26H29N3O5S3. The molecule has 1 aliphatic heterocycles. The molecule has 1 heterocycles. The summed E-state index contributed by atoms with van der Waals surface area (Å²) in [7, 11) is -7.87. The minimum absolute atomic E-state index is 0.00399. The molecule has 37 heavy (non-hydrogen) atoms. The number of sulfonamides is 2. The number of amides is 1. The number of likely N-dealkylation sites (tertiary alicyclic amines) is 1. The van der Waals surface area contributed by atoms with Gasteiger partial charge in [0.2, 0.25) is 0 Å². The normalized spacial score (nSPS) is 14.3. The van der Waals surface area contributed by atoms with Crippen molar-refractivity contribution in [2.45, 2.75) is 40.9 Å². The molecule has 0 atom stereocenters. The maximum absolute atomic E-state index is 13.1. The second-order valence-corrected chi connectivity index (χ2v) is 13.0. The number of nitrogens with one attached hydrogen (secondary N) is 2. The number of carbonyl (C=O) groups is 1. The number of aryl methyl sites for hydroxylation is 1. The van der Waals surface area contributed by atoms with Gasteiger partial charge in [-0.25, -0.2) is 16.8 Å². The van der Waals surface area contributed by atoms with Gasteiger partial charge in [0.15, 0.2) is 0 Å². The van der Waals surface area contributed by atoms with Crippen LogP contribution in [0.5, 0.6) is 0 Å². The zero-order valence-corrected chi connectivity index (χ0v) is 23.0. The fraction of sp³-hybridized carbons (Fsp3) is 0.269. The third kappa shape index (κ3) is 6.46. The lowest BCUT2D eigenvalue weighted by molar-refractivity contribution is 0.0720. The van der Waals surface area contributed by atoms with Crippen molar-refractivity contribution in [3.63, 3.8) is 0 Å². The number of hydrogen-bond donors (Lipinski definition) is 2. The number of hydrogen-bond acceptors (Lipinski definition) is 6. The predicted molar refractivity (Wildman–Crippen MR) is 147 cm³/mol. The monoisotopic (exact) mass is 559 g/mol. The number of anilines is 2. The highest BCUT2D eigenvalue weighted by Crippen LogP contribution is 2.28. The number of nitrogens with zero attached hydrogens (tertiary/aromatic N) is 1. The minimum Gasteiger partial charge on any atom is -0.339 e. The standard InChI is InChI=1S/C26H29N3O5S3/c1-19-7-6-8-21(17-19)28-36(31,32)22-11-9-20(10-12-22)27-37(33,34)23-13-14-25(35-2)24(18-23)26(30)29-15-4-3-5-16-29/h6-14,17-18,27-28H,3-5,15-16H2,1-2H3. The maximum Gasteiger partial charge on any atom is 0.261 e. The van der Waals surface area contributed by atoms with Gasteiger partial charge < -0.3 is 4.90 Å². The van der Waals surface area contributed by atoms with Gasteiger partial charge in [0.25, 0.3) is 26.0 Å². The Hall–Kier alpha value is -3.02. The lowest BCUT2D eigenvalue weighted by Crippen LogP contribution is -2.36. The highest BCUT2D eigenvalue weighted by Gasteiger charge is 2.24. The van der Waals surface area contributed by atoms with Crippen LogP contribution in [0.3, 0.4) is 0 Å². The van der Waals surface area contributed by atoms with Crippen molar-refractivity contribution in [2.75, 3.05) is 28.8 Å². The van der Waals surface area contributed by atoms with Crippen LogP contribution in [-0.4, -0.2) is 47.0 Å². The minimum atomic E-state index is -4.02. The first kappa shape index (κ1) is 27.0. The van der Waals surface area contributed by atoms with Crippen LogP contribution in [-0.2, 0) is 20.0 Å². The fourth-order valence-corrected chi connectivity index (χ4v) is 6.83. The van der Waals surface area contributed by atoms with E-state index in [1.165, 1.54) is 48.2 Å². The van der Waals surface area contributed by atoms with Gasteiger partial charge in [-0.3, -0.25) is 14.2 Å². The zero-order valence-electron chi connectivity index (χ0n) is 20.6. The van der Waals surface area contributed by atoms with E-state index in [2.05, 4.69) is 9.44 Å². The van der Waals surface area contributed by atoms with Crippen molar-refractivity contribution in [1.82, 2.24) is 4.90 Å². The average molecular weight is 560 g/mol. The summed E-state index contributed by atoms with van der Waals surface area (Å²) < 4.78 is 56.7. The van der Waals surface area contributed by atoms with Crippen LogP contribution in [0, 0.1) is 6.92 Å². The fourth-order valence-electron chi connectivity index (χ4n) is 4.13. The van der Waals surface area contributed by atoms with E-state index < -0.39 is 20.0 Å². The van der Waals surface area contributed by atoms with Crippen LogP contribution >= 0.6 is 11.8 Å². The molecule has 11 heteroatoms. The van der Waals surface area contributed by atoms with Gasteiger partial charge >= 0.3 is 0 Å². The summed E-state index contributed by atoms with van der Waals surface area (Å²) >= 11 is 1.39. The van der Waals surface area contributed by atoms with Crippen molar-refractivity contribution >= 4 is 49.1 Å². The van der Waals surface area contributed by atoms with Gasteiger partial charge in [0.1, 0.15) is 0 Å². The van der Waals surface area contributed by atoms with Gasteiger partial charge in [-0.15, -0.1) is 11.8 Å². The van der Waals surface area contributed by atoms with Crippen molar-refractivity contribution in [1.29, 1.82) is 0 Å². The van der Waals surface area contributed by atoms with Crippen LogP contribution in [0.4, 0.5) is 11.4 Å². The Bertz CT molecular complexity index is 1500. The molecule has 0 radical (unpaired) electrons. The summed E-state index contributed by atoms with van der Waals surface area (Å²) in [5.41, 5.74) is 1.91. The van der Waals surface area contributed by atoms with E-state index in [9.17, 15) is 21.6 Å². The molecule has 0 saturated carbocycles. The number of benzene rings is 3. The summed E-state index contributed by atoms with van der Waals surface area (Å²) in [6.45, 7) is 3.19. The molecule has 0 unspecified atom stereocenters. The van der Waals surface area contributed by atoms with Crippen molar-refractivity contribution in [3.8, 4) is 0 Å². The highest BCUT2D eigenvalue weighted by atomic mass is 32.2. The largest absolute Gasteiger partial charge is 0.339 e. The number of carbonyl (C=O) groups excluding carboxylic acids is 1. The molecule has 1 amide bonds. The van der Waals surface area contributed by atoms with E-state index in [4.69, 9.17) is 0 Å². The second-order valence-electron chi connectivity index (χ2n) is 8.82. The summed E-state index contributed by atoms with van der Waals surface area (Å²) in [6.07, 6.45) is 4.80. The topological polar surface area (TPSA) is 113 Å². The smallest absolute Gasteiger partial charge is 0.261 e. The summed E-state index contributed by atoms with van der Waals surface area (Å²) in [5.74, 6) is -0.170. The lowest BCUT2D eigenvalue weighted by atomic mass is 10.1. The van der Waals surface area contributed by atoms with E-state index in [1.807, 2.05) is 19.2 Å². The van der Waals surface area contributed by atoms with Crippen molar-refractivity contribution in [3.05, 3.63) is 77.9 Å². The van der Waals surface area contributed by atoms with Gasteiger partial charge in [-0.1, -0.05) is 12.1 Å². The molecule has 2 N–H and O–H groups in total. The molecule has 3 aromatic rings. The molecule has 4 rings (SSSR count). The molecule has 1 saturated heterocycles. The predicted octanol–water partition coefficient (Wildman–Crippen LogP) is 4.94. The molecule has 0 bridgehead atoms. The van der Waals surface area contributed by atoms with E-state index in [0.717, 1.165) is 24.8 Å². The summed E-state index contributed by atoms with van der Waals surface area (Å²) in [6, 6.07) is 16.9. The maximum atomic E-state index is 13.1. The Balaban J connectivity index is 1.53. The molecule has 0 aromatic heterocycles. The van der Waals surface area contributed by atoms with E-state index >= 15 is 0 Å². The SMILES string of the molecule is CSc1ccc(S(=O)(=O)Nc2ccc(S(=O)(=O)Nc3cccc(C)c3)cc2)cc1C(=O)N1CCCCC1. The average Bonchev–Trinajstić information content (AvgIpc) is 2.88. The molecule has 3 aromatic carbocycles. The third-order valence-corrected chi connectivity index (χ3v) is 9.61. The van der Waals surface area contributed by atoms with Crippen LogP contribution in [0.25, 0.3) is 0 Å². The van der Waals surface area contributed by atoms with Crippen molar-refractivity contribution < 1.29 is 21.6 Å². The van der Waals surface area contributed by atoms with Crippen LogP contribution in [0.1, 0.15) is 35.2 Å². The summed E-state index contributed by atoms with van der Waals surface area (Å²) in [5, 5.41) is 0. The van der Waals surface area contributed by atoms with Gasteiger partial charge in [0, 0.05) is 29.4 Å². The van der Waals surface area contributed by atoms with Crippen LogP contribution in [0.15, 0.2) is 81.4 Å².